The fraction of sp³-hybridized carbons (Fsp3) is 0.526. The van der Waals surface area contributed by atoms with Crippen LogP contribution in [0.1, 0.15) is 48.2 Å². The third-order valence-corrected chi connectivity index (χ3v) is 4.81. The second-order valence-corrected chi connectivity index (χ2v) is 7.07. The minimum absolute atomic E-state index is 0.0671. The molecular weight excluding hydrogens is 314 g/mol. The number of aryl methyl sites for hydroxylation is 1. The van der Waals surface area contributed by atoms with Crippen LogP contribution in [0.4, 0.5) is 0 Å². The summed E-state index contributed by atoms with van der Waals surface area (Å²) >= 11 is 0. The Kier molecular flexibility index (Phi) is 5.18. The largest absolute Gasteiger partial charge is 0.336 e. The standard InChI is InChI=1S/C19H27N5O/c1-13(2)16-7-5-6-8-17(16)24-14(3)21-18(22-24)19(25)23-10-9-15(12-23)11-20-4/h5-8,13,15,20H,9-12H2,1-4H3. The van der Waals surface area contributed by atoms with E-state index in [0.717, 1.165) is 37.6 Å². The number of aromatic nitrogens is 3. The Morgan fingerprint density at radius 3 is 2.84 bits per heavy atom. The molecule has 1 aromatic heterocycles. The average Bonchev–Trinajstić information content (AvgIpc) is 3.21. The van der Waals surface area contributed by atoms with Crippen LogP contribution in [0.15, 0.2) is 24.3 Å². The molecule has 1 aliphatic rings. The number of likely N-dealkylation sites (tertiary alicyclic amines) is 1. The molecule has 1 fully saturated rings. The maximum absolute atomic E-state index is 12.8. The second-order valence-electron chi connectivity index (χ2n) is 7.07. The van der Waals surface area contributed by atoms with Gasteiger partial charge in [-0.15, -0.1) is 5.10 Å². The van der Waals surface area contributed by atoms with Crippen LogP contribution >= 0.6 is 0 Å². The average molecular weight is 341 g/mol. The summed E-state index contributed by atoms with van der Waals surface area (Å²) in [6, 6.07) is 8.16. The lowest BCUT2D eigenvalue weighted by Crippen LogP contribution is -2.31. The highest BCUT2D eigenvalue weighted by molar-refractivity contribution is 5.90. The first kappa shape index (κ1) is 17.6. The summed E-state index contributed by atoms with van der Waals surface area (Å²) in [5.41, 5.74) is 2.20. The van der Waals surface area contributed by atoms with Crippen molar-refractivity contribution in [2.75, 3.05) is 26.7 Å². The molecule has 0 spiro atoms. The normalized spacial score (nSPS) is 17.5. The van der Waals surface area contributed by atoms with Crippen molar-refractivity contribution in [3.05, 3.63) is 41.5 Å². The molecule has 0 bridgehead atoms. The number of nitrogens with zero attached hydrogens (tertiary/aromatic N) is 4. The van der Waals surface area contributed by atoms with E-state index >= 15 is 0 Å². The predicted octanol–water partition coefficient (Wildman–Crippen LogP) is 2.38. The quantitative estimate of drug-likeness (QED) is 0.907. The van der Waals surface area contributed by atoms with E-state index in [0.29, 0.717) is 17.7 Å². The predicted molar refractivity (Wildman–Crippen MR) is 98.1 cm³/mol. The van der Waals surface area contributed by atoms with Crippen molar-refractivity contribution in [1.82, 2.24) is 25.0 Å². The van der Waals surface area contributed by atoms with Crippen molar-refractivity contribution in [3.8, 4) is 5.69 Å². The molecule has 1 saturated heterocycles. The molecule has 2 aromatic rings. The highest BCUT2D eigenvalue weighted by Gasteiger charge is 2.29. The smallest absolute Gasteiger partial charge is 0.293 e. The minimum atomic E-state index is -0.0671. The van der Waals surface area contributed by atoms with Gasteiger partial charge < -0.3 is 10.2 Å². The van der Waals surface area contributed by atoms with Gasteiger partial charge in [0, 0.05) is 13.1 Å². The summed E-state index contributed by atoms with van der Waals surface area (Å²) in [7, 11) is 1.95. The number of amides is 1. The van der Waals surface area contributed by atoms with Crippen LogP contribution in [0.5, 0.6) is 0 Å². The minimum Gasteiger partial charge on any atom is -0.336 e. The van der Waals surface area contributed by atoms with Gasteiger partial charge in [0.25, 0.3) is 5.91 Å². The van der Waals surface area contributed by atoms with Crippen molar-refractivity contribution in [3.63, 3.8) is 0 Å². The Labute approximate surface area is 149 Å². The maximum Gasteiger partial charge on any atom is 0.293 e. The first-order valence-electron chi connectivity index (χ1n) is 8.98. The van der Waals surface area contributed by atoms with Gasteiger partial charge in [-0.3, -0.25) is 4.79 Å². The van der Waals surface area contributed by atoms with Gasteiger partial charge in [0.05, 0.1) is 5.69 Å². The summed E-state index contributed by atoms with van der Waals surface area (Å²) in [6.45, 7) is 8.70. The van der Waals surface area contributed by atoms with E-state index in [1.807, 2.05) is 37.1 Å². The molecule has 0 radical (unpaired) electrons. The number of carbonyl (C=O) groups is 1. The molecule has 134 valence electrons. The molecular formula is C19H27N5O. The van der Waals surface area contributed by atoms with Crippen LogP contribution in [0, 0.1) is 12.8 Å². The monoisotopic (exact) mass is 341 g/mol. The Hall–Kier alpha value is -2.21. The van der Waals surface area contributed by atoms with Crippen LogP contribution in [0.3, 0.4) is 0 Å². The molecule has 6 heteroatoms. The summed E-state index contributed by atoms with van der Waals surface area (Å²) in [6.07, 6.45) is 1.03. The number of rotatable bonds is 5. The molecule has 6 nitrogen and oxygen atoms in total. The molecule has 1 unspecified atom stereocenters. The number of carbonyl (C=O) groups excluding carboxylic acids is 1. The lowest BCUT2D eigenvalue weighted by atomic mass is 10.0. The summed E-state index contributed by atoms with van der Waals surface area (Å²) in [5.74, 6) is 1.85. The zero-order valence-electron chi connectivity index (χ0n) is 15.5. The van der Waals surface area contributed by atoms with Gasteiger partial charge >= 0.3 is 0 Å². The van der Waals surface area contributed by atoms with Gasteiger partial charge in [0.15, 0.2) is 0 Å². The third-order valence-electron chi connectivity index (χ3n) is 4.81. The van der Waals surface area contributed by atoms with E-state index in [4.69, 9.17) is 0 Å². The molecule has 1 N–H and O–H groups in total. The van der Waals surface area contributed by atoms with Gasteiger partial charge in [-0.2, -0.15) is 0 Å². The van der Waals surface area contributed by atoms with Gasteiger partial charge in [0.1, 0.15) is 5.82 Å². The zero-order valence-corrected chi connectivity index (χ0v) is 15.5. The highest BCUT2D eigenvalue weighted by Crippen LogP contribution is 2.24. The Morgan fingerprint density at radius 1 is 1.36 bits per heavy atom. The topological polar surface area (TPSA) is 63.1 Å². The number of hydrogen-bond donors (Lipinski definition) is 1. The van der Waals surface area contributed by atoms with Crippen LogP contribution in [0.2, 0.25) is 0 Å². The second kappa shape index (κ2) is 7.35. The molecule has 1 aromatic carbocycles. The lowest BCUT2D eigenvalue weighted by Gasteiger charge is -2.14. The van der Waals surface area contributed by atoms with Crippen molar-refractivity contribution < 1.29 is 4.79 Å². The lowest BCUT2D eigenvalue weighted by molar-refractivity contribution is 0.0775. The van der Waals surface area contributed by atoms with Gasteiger partial charge in [-0.05, 0) is 50.4 Å². The summed E-state index contributed by atoms with van der Waals surface area (Å²) < 4.78 is 1.80. The number of nitrogens with one attached hydrogen (secondary N) is 1. The fourth-order valence-corrected chi connectivity index (χ4v) is 3.49. The zero-order chi connectivity index (χ0) is 18.0. The number of benzene rings is 1. The Bertz CT molecular complexity index is 752. The van der Waals surface area contributed by atoms with E-state index in [2.05, 4.69) is 35.3 Å². The first-order chi connectivity index (χ1) is 12.0. The summed E-state index contributed by atoms with van der Waals surface area (Å²) in [4.78, 5) is 19.1. The molecule has 25 heavy (non-hydrogen) atoms. The molecule has 1 amide bonds. The SMILES string of the molecule is CNCC1CCN(C(=O)c2nc(C)n(-c3ccccc3C(C)C)n2)C1. The number of para-hydroxylation sites is 1. The van der Waals surface area contributed by atoms with E-state index in [9.17, 15) is 4.79 Å². The van der Waals surface area contributed by atoms with Crippen LogP contribution < -0.4 is 5.32 Å². The third kappa shape index (κ3) is 3.58. The molecule has 3 rings (SSSR count). The molecule has 0 saturated carbocycles. The van der Waals surface area contributed by atoms with Gasteiger partial charge in [0.2, 0.25) is 5.82 Å². The number of hydrogen-bond acceptors (Lipinski definition) is 4. The first-order valence-corrected chi connectivity index (χ1v) is 8.98. The van der Waals surface area contributed by atoms with Crippen molar-refractivity contribution >= 4 is 5.91 Å². The Morgan fingerprint density at radius 2 is 2.12 bits per heavy atom. The molecule has 1 atom stereocenters. The van der Waals surface area contributed by atoms with Gasteiger partial charge in [-0.1, -0.05) is 32.0 Å². The van der Waals surface area contributed by atoms with E-state index in [-0.39, 0.29) is 5.91 Å². The van der Waals surface area contributed by atoms with Crippen molar-refractivity contribution in [2.45, 2.75) is 33.1 Å². The summed E-state index contributed by atoms with van der Waals surface area (Å²) in [5, 5.41) is 7.72. The van der Waals surface area contributed by atoms with E-state index < -0.39 is 0 Å². The van der Waals surface area contributed by atoms with E-state index in [1.165, 1.54) is 5.56 Å². The van der Waals surface area contributed by atoms with Crippen molar-refractivity contribution in [2.24, 2.45) is 5.92 Å². The maximum atomic E-state index is 12.8. The van der Waals surface area contributed by atoms with Crippen molar-refractivity contribution in [1.29, 1.82) is 0 Å². The Balaban J connectivity index is 1.85. The van der Waals surface area contributed by atoms with Crippen LogP contribution in [0.25, 0.3) is 5.69 Å². The fourth-order valence-electron chi connectivity index (χ4n) is 3.49. The molecule has 0 aliphatic carbocycles. The molecule has 1 aliphatic heterocycles. The van der Waals surface area contributed by atoms with Crippen LogP contribution in [-0.2, 0) is 0 Å². The molecule has 2 heterocycles. The van der Waals surface area contributed by atoms with E-state index in [1.54, 1.807) is 4.68 Å². The van der Waals surface area contributed by atoms with Crippen LogP contribution in [-0.4, -0.2) is 52.3 Å². The van der Waals surface area contributed by atoms with Gasteiger partial charge in [-0.25, -0.2) is 9.67 Å². The highest BCUT2D eigenvalue weighted by atomic mass is 16.2.